The minimum Gasteiger partial charge on any atom is -0.478 e. The van der Waals surface area contributed by atoms with Gasteiger partial charge in [-0.15, -0.1) is 0 Å². The summed E-state index contributed by atoms with van der Waals surface area (Å²) in [5.41, 5.74) is -0.411. The predicted molar refractivity (Wildman–Crippen MR) is 71.6 cm³/mol. The van der Waals surface area contributed by atoms with Gasteiger partial charge < -0.3 is 5.11 Å². The quantitative estimate of drug-likeness (QED) is 0.893. The molecule has 1 aromatic rings. The van der Waals surface area contributed by atoms with Crippen LogP contribution in [0.1, 0.15) is 48.9 Å². The standard InChI is InChI=1S/C15H18N2O3/c18-13-4-12(14(19)20)8-16-17(13)15-5-9-1-10(6-15)3-11(2-9)7-15/h4,8-11H,1-3,5-7H2,(H,19,20). The van der Waals surface area contributed by atoms with Crippen LogP contribution in [0.5, 0.6) is 0 Å². The number of carboxylic acids is 1. The zero-order valence-corrected chi connectivity index (χ0v) is 11.3. The van der Waals surface area contributed by atoms with Gasteiger partial charge in [0.2, 0.25) is 0 Å². The molecule has 0 spiro atoms. The van der Waals surface area contributed by atoms with Crippen molar-refractivity contribution in [2.45, 2.75) is 44.1 Å². The number of carbonyl (C=O) groups is 1. The van der Waals surface area contributed by atoms with Gasteiger partial charge >= 0.3 is 5.97 Å². The molecule has 1 N–H and O–H groups in total. The molecule has 4 aliphatic carbocycles. The summed E-state index contributed by atoms with van der Waals surface area (Å²) >= 11 is 0. The summed E-state index contributed by atoms with van der Waals surface area (Å²) in [5.74, 6) is 1.10. The highest BCUT2D eigenvalue weighted by molar-refractivity contribution is 5.86. The summed E-state index contributed by atoms with van der Waals surface area (Å²) in [6.07, 6.45) is 8.36. The molecular formula is C15H18N2O3. The maximum atomic E-state index is 12.3. The number of rotatable bonds is 2. The van der Waals surface area contributed by atoms with Crippen molar-refractivity contribution in [2.24, 2.45) is 17.8 Å². The Kier molecular flexibility index (Phi) is 2.38. The lowest BCUT2D eigenvalue weighted by Crippen LogP contribution is -2.55. The van der Waals surface area contributed by atoms with Gasteiger partial charge in [-0.25, -0.2) is 9.48 Å². The first-order chi connectivity index (χ1) is 9.56. The molecule has 20 heavy (non-hydrogen) atoms. The smallest absolute Gasteiger partial charge is 0.337 e. The van der Waals surface area contributed by atoms with Gasteiger partial charge in [0.15, 0.2) is 0 Å². The molecule has 5 rings (SSSR count). The van der Waals surface area contributed by atoms with Crippen LogP contribution in [0.15, 0.2) is 17.1 Å². The van der Waals surface area contributed by atoms with E-state index in [0.29, 0.717) is 0 Å². The average Bonchev–Trinajstić information content (AvgIpc) is 2.36. The molecule has 4 bridgehead atoms. The van der Waals surface area contributed by atoms with Crippen LogP contribution in [0.3, 0.4) is 0 Å². The Morgan fingerprint density at radius 3 is 2.20 bits per heavy atom. The van der Waals surface area contributed by atoms with E-state index in [9.17, 15) is 9.59 Å². The molecule has 0 aromatic carbocycles. The van der Waals surface area contributed by atoms with Crippen molar-refractivity contribution in [3.05, 3.63) is 28.2 Å². The van der Waals surface area contributed by atoms with Crippen LogP contribution >= 0.6 is 0 Å². The molecule has 0 atom stereocenters. The summed E-state index contributed by atoms with van der Waals surface area (Å²) in [6.45, 7) is 0. The van der Waals surface area contributed by atoms with E-state index in [1.54, 1.807) is 4.68 Å². The highest BCUT2D eigenvalue weighted by atomic mass is 16.4. The van der Waals surface area contributed by atoms with Crippen LogP contribution in [-0.2, 0) is 5.54 Å². The maximum Gasteiger partial charge on any atom is 0.337 e. The third-order valence-corrected chi connectivity index (χ3v) is 5.50. The van der Waals surface area contributed by atoms with Gasteiger partial charge in [-0.3, -0.25) is 4.79 Å². The Balaban J connectivity index is 1.77. The lowest BCUT2D eigenvalue weighted by molar-refractivity contribution is -0.0519. The third kappa shape index (κ3) is 1.65. The SMILES string of the molecule is O=C(O)c1cnn(C23CC4CC(CC(C4)C2)C3)c(=O)c1. The molecule has 106 valence electrons. The summed E-state index contributed by atoms with van der Waals surface area (Å²) in [4.78, 5) is 23.2. The van der Waals surface area contributed by atoms with Crippen LogP contribution in [0.4, 0.5) is 0 Å². The molecule has 4 aliphatic rings. The van der Waals surface area contributed by atoms with E-state index < -0.39 is 5.97 Å². The van der Waals surface area contributed by atoms with Crippen molar-refractivity contribution < 1.29 is 9.90 Å². The number of nitrogens with zero attached hydrogens (tertiary/aromatic N) is 2. The fourth-order valence-electron chi connectivity index (χ4n) is 5.21. The molecule has 0 saturated heterocycles. The number of hydrogen-bond donors (Lipinski definition) is 1. The van der Waals surface area contributed by atoms with Gasteiger partial charge in [0.1, 0.15) is 0 Å². The van der Waals surface area contributed by atoms with Crippen molar-refractivity contribution in [3.63, 3.8) is 0 Å². The van der Waals surface area contributed by atoms with Gasteiger partial charge in [-0.05, 0) is 56.3 Å². The van der Waals surface area contributed by atoms with E-state index in [1.165, 1.54) is 31.5 Å². The molecule has 0 aliphatic heterocycles. The Morgan fingerprint density at radius 2 is 1.75 bits per heavy atom. The fraction of sp³-hybridized carbons (Fsp3) is 0.667. The summed E-state index contributed by atoms with van der Waals surface area (Å²) in [7, 11) is 0. The van der Waals surface area contributed by atoms with Crippen molar-refractivity contribution >= 4 is 5.97 Å². The second kappa shape index (κ2) is 3.93. The van der Waals surface area contributed by atoms with Crippen molar-refractivity contribution in [1.29, 1.82) is 0 Å². The van der Waals surface area contributed by atoms with E-state index in [4.69, 9.17) is 5.11 Å². The van der Waals surface area contributed by atoms with Crippen LogP contribution in [0.25, 0.3) is 0 Å². The topological polar surface area (TPSA) is 72.2 Å². The monoisotopic (exact) mass is 274 g/mol. The summed E-state index contributed by atoms with van der Waals surface area (Å²) in [5, 5.41) is 13.2. The molecule has 1 heterocycles. The Hall–Kier alpha value is -1.65. The minimum atomic E-state index is -1.09. The van der Waals surface area contributed by atoms with Gasteiger partial charge in [-0.1, -0.05) is 0 Å². The van der Waals surface area contributed by atoms with E-state index in [0.717, 1.165) is 37.0 Å². The second-order valence-electron chi connectivity index (χ2n) is 6.94. The lowest BCUT2D eigenvalue weighted by Gasteiger charge is -2.56. The largest absolute Gasteiger partial charge is 0.478 e. The molecule has 0 radical (unpaired) electrons. The van der Waals surface area contributed by atoms with Crippen LogP contribution in [0.2, 0.25) is 0 Å². The highest BCUT2D eigenvalue weighted by Crippen LogP contribution is 2.58. The van der Waals surface area contributed by atoms with Gasteiger partial charge in [0.05, 0.1) is 17.3 Å². The Morgan fingerprint density at radius 1 is 1.20 bits per heavy atom. The number of hydrogen-bond acceptors (Lipinski definition) is 3. The Labute approximate surface area is 116 Å². The highest BCUT2D eigenvalue weighted by Gasteiger charge is 2.52. The number of aromatic nitrogens is 2. The zero-order valence-electron chi connectivity index (χ0n) is 11.3. The van der Waals surface area contributed by atoms with Crippen molar-refractivity contribution in [1.82, 2.24) is 9.78 Å². The van der Waals surface area contributed by atoms with Gasteiger partial charge in [-0.2, -0.15) is 5.10 Å². The molecular weight excluding hydrogens is 256 g/mol. The molecule has 5 nitrogen and oxygen atoms in total. The van der Waals surface area contributed by atoms with Crippen LogP contribution < -0.4 is 5.56 Å². The minimum absolute atomic E-state index is 0.0176. The van der Waals surface area contributed by atoms with E-state index >= 15 is 0 Å². The first-order valence-electron chi connectivity index (χ1n) is 7.39. The number of aromatic carboxylic acids is 1. The summed E-state index contributed by atoms with van der Waals surface area (Å²) < 4.78 is 1.60. The van der Waals surface area contributed by atoms with Crippen molar-refractivity contribution in [2.75, 3.05) is 0 Å². The third-order valence-electron chi connectivity index (χ3n) is 5.50. The molecule has 0 unspecified atom stereocenters. The molecule has 0 amide bonds. The van der Waals surface area contributed by atoms with Gasteiger partial charge in [0.25, 0.3) is 5.56 Å². The van der Waals surface area contributed by atoms with E-state index in [1.807, 2.05) is 0 Å². The Bertz CT molecular complexity index is 599. The normalized spacial score (nSPS) is 38.1. The molecule has 4 saturated carbocycles. The fourth-order valence-corrected chi connectivity index (χ4v) is 5.21. The maximum absolute atomic E-state index is 12.3. The van der Waals surface area contributed by atoms with Crippen molar-refractivity contribution in [3.8, 4) is 0 Å². The second-order valence-corrected chi connectivity index (χ2v) is 6.94. The number of carboxylic acid groups (broad SMARTS) is 1. The average molecular weight is 274 g/mol. The molecule has 4 fully saturated rings. The first kappa shape index (κ1) is 12.1. The molecule has 1 aromatic heterocycles. The lowest BCUT2D eigenvalue weighted by atomic mass is 9.53. The van der Waals surface area contributed by atoms with Gasteiger partial charge in [0, 0.05) is 6.07 Å². The van der Waals surface area contributed by atoms with Crippen LogP contribution in [-0.4, -0.2) is 20.9 Å². The zero-order chi connectivity index (χ0) is 13.9. The van der Waals surface area contributed by atoms with E-state index in [-0.39, 0.29) is 16.7 Å². The predicted octanol–water partition coefficient (Wildman–Crippen LogP) is 1.87. The molecule has 5 heteroatoms. The first-order valence-corrected chi connectivity index (χ1v) is 7.39. The van der Waals surface area contributed by atoms with Crippen LogP contribution in [0, 0.1) is 17.8 Å². The summed E-state index contributed by atoms with van der Waals surface area (Å²) in [6, 6.07) is 1.22. The van der Waals surface area contributed by atoms with E-state index in [2.05, 4.69) is 5.10 Å².